The quantitative estimate of drug-likeness (QED) is 0.665. The monoisotopic (exact) mass is 328 g/mol. The number of hydrogen-bond donors (Lipinski definition) is 1. The average molecular weight is 328 g/mol. The maximum absolute atomic E-state index is 12.0. The molecule has 0 aromatic heterocycles. The van der Waals surface area contributed by atoms with Gasteiger partial charge in [-0.2, -0.15) is 0 Å². The highest BCUT2D eigenvalue weighted by Crippen LogP contribution is 2.32. The van der Waals surface area contributed by atoms with Crippen LogP contribution in [0.3, 0.4) is 0 Å². The van der Waals surface area contributed by atoms with Crippen LogP contribution in [0.1, 0.15) is 19.8 Å². The molecule has 0 amide bonds. The summed E-state index contributed by atoms with van der Waals surface area (Å²) in [6, 6.07) is 3.94. The summed E-state index contributed by atoms with van der Waals surface area (Å²) in [6.45, 7) is 3.00. The molecule has 1 heterocycles. The lowest BCUT2D eigenvalue weighted by atomic mass is 9.92. The Hall–Kier alpha value is -1.67. The number of rotatable bonds is 4. The lowest BCUT2D eigenvalue weighted by Crippen LogP contribution is -2.37. The van der Waals surface area contributed by atoms with Gasteiger partial charge >= 0.3 is 0 Å². The molecular weight excluding hydrogens is 308 g/mol. The Morgan fingerprint density at radius 1 is 1.36 bits per heavy atom. The molecule has 8 heteroatoms. The van der Waals surface area contributed by atoms with Crippen LogP contribution < -0.4 is 4.90 Å². The third kappa shape index (κ3) is 3.56. The summed E-state index contributed by atoms with van der Waals surface area (Å²) in [6.07, 6.45) is 2.20. The number of benzene rings is 1. The van der Waals surface area contributed by atoms with Gasteiger partial charge < -0.3 is 10.0 Å². The van der Waals surface area contributed by atoms with Gasteiger partial charge in [-0.25, -0.2) is 8.42 Å². The summed E-state index contributed by atoms with van der Waals surface area (Å²) in [5, 5.41) is 20.5. The second-order valence-electron chi connectivity index (χ2n) is 5.75. The van der Waals surface area contributed by atoms with E-state index < -0.39 is 14.8 Å². The van der Waals surface area contributed by atoms with Crippen LogP contribution in [0.25, 0.3) is 0 Å². The lowest BCUT2D eigenvalue weighted by Gasteiger charge is -2.35. The van der Waals surface area contributed by atoms with Crippen molar-refractivity contribution in [2.45, 2.75) is 30.8 Å². The summed E-state index contributed by atoms with van der Waals surface area (Å²) in [4.78, 5) is 12.2. The van der Waals surface area contributed by atoms with Gasteiger partial charge in [0.25, 0.3) is 5.69 Å². The fraction of sp³-hybridized carbons (Fsp3) is 0.571. The number of anilines is 1. The molecule has 1 fully saturated rings. The van der Waals surface area contributed by atoms with Crippen LogP contribution in [0.5, 0.6) is 0 Å². The Bertz CT molecular complexity index is 664. The number of nitrogens with zero attached hydrogens (tertiary/aromatic N) is 2. The number of hydrogen-bond acceptors (Lipinski definition) is 6. The predicted octanol–water partition coefficient (Wildman–Crippen LogP) is 1.60. The van der Waals surface area contributed by atoms with Crippen molar-refractivity contribution in [1.82, 2.24) is 0 Å². The molecule has 1 aliphatic heterocycles. The van der Waals surface area contributed by atoms with E-state index in [0.29, 0.717) is 18.8 Å². The van der Waals surface area contributed by atoms with Gasteiger partial charge in [0.05, 0.1) is 21.6 Å². The molecule has 0 aliphatic carbocycles. The van der Waals surface area contributed by atoms with Crippen LogP contribution >= 0.6 is 0 Å². The normalized spacial score (nSPS) is 18.2. The third-order valence-electron chi connectivity index (χ3n) is 4.12. The Labute approximate surface area is 129 Å². The molecule has 0 radical (unpaired) electrons. The van der Waals surface area contributed by atoms with E-state index in [9.17, 15) is 23.6 Å². The Morgan fingerprint density at radius 2 is 1.95 bits per heavy atom. The van der Waals surface area contributed by atoms with Gasteiger partial charge in [0.15, 0.2) is 9.84 Å². The Kier molecular flexibility index (Phi) is 4.72. The molecule has 1 aromatic rings. The summed E-state index contributed by atoms with van der Waals surface area (Å²) >= 11 is 0. The lowest BCUT2D eigenvalue weighted by molar-refractivity contribution is -0.385. The largest absolute Gasteiger partial charge is 0.393 e. The smallest absolute Gasteiger partial charge is 0.270 e. The number of aliphatic hydroxyl groups excluding tert-OH is 1. The molecule has 1 aliphatic rings. The van der Waals surface area contributed by atoms with E-state index in [0.717, 1.165) is 25.2 Å². The predicted molar refractivity (Wildman–Crippen MR) is 82.8 cm³/mol. The highest BCUT2D eigenvalue weighted by Gasteiger charge is 2.27. The number of aliphatic hydroxyl groups is 1. The summed E-state index contributed by atoms with van der Waals surface area (Å²) in [5.41, 5.74) is 0.264. The van der Waals surface area contributed by atoms with Gasteiger partial charge in [-0.05, 0) is 31.7 Å². The van der Waals surface area contributed by atoms with Crippen molar-refractivity contribution >= 4 is 21.2 Å². The number of piperidine rings is 1. The first-order valence-electron chi connectivity index (χ1n) is 7.11. The first-order valence-corrected chi connectivity index (χ1v) is 9.01. The van der Waals surface area contributed by atoms with E-state index in [-0.39, 0.29) is 22.6 Å². The molecule has 2 rings (SSSR count). The number of non-ortho nitro benzene ring substituents is 1. The van der Waals surface area contributed by atoms with Gasteiger partial charge in [-0.1, -0.05) is 0 Å². The van der Waals surface area contributed by atoms with E-state index in [1.54, 1.807) is 6.92 Å². The summed E-state index contributed by atoms with van der Waals surface area (Å²) in [5.74, 6) is 0.205. The summed E-state index contributed by atoms with van der Waals surface area (Å²) < 4.78 is 23.9. The number of nitro benzene ring substituents is 1. The molecule has 1 saturated heterocycles. The molecule has 7 nitrogen and oxygen atoms in total. The molecule has 1 N–H and O–H groups in total. The fourth-order valence-corrected chi connectivity index (χ4v) is 3.71. The van der Waals surface area contributed by atoms with Gasteiger partial charge in [-0.15, -0.1) is 0 Å². The van der Waals surface area contributed by atoms with Crippen molar-refractivity contribution in [2.75, 3.05) is 24.2 Å². The molecule has 1 atom stereocenters. The second-order valence-corrected chi connectivity index (χ2v) is 7.73. The van der Waals surface area contributed by atoms with Crippen LogP contribution in [-0.4, -0.2) is 43.9 Å². The maximum atomic E-state index is 12.0. The summed E-state index contributed by atoms with van der Waals surface area (Å²) in [7, 11) is -3.56. The maximum Gasteiger partial charge on any atom is 0.270 e. The highest BCUT2D eigenvalue weighted by atomic mass is 32.2. The van der Waals surface area contributed by atoms with Crippen molar-refractivity contribution in [1.29, 1.82) is 0 Å². The number of nitro groups is 1. The van der Waals surface area contributed by atoms with Crippen LogP contribution in [0.2, 0.25) is 0 Å². The van der Waals surface area contributed by atoms with Crippen LogP contribution in [-0.2, 0) is 9.84 Å². The van der Waals surface area contributed by atoms with Crippen molar-refractivity contribution in [2.24, 2.45) is 5.92 Å². The molecule has 1 unspecified atom stereocenters. The van der Waals surface area contributed by atoms with Crippen molar-refractivity contribution in [3.63, 3.8) is 0 Å². The van der Waals surface area contributed by atoms with Crippen molar-refractivity contribution < 1.29 is 18.4 Å². The standard InChI is InChI=1S/C14H20N2O5S/c1-10(17)11-5-7-15(8-6-11)13-4-3-12(16(18)19)9-14(13)22(2,20)21/h3-4,9-11,17H,5-8H2,1-2H3. The molecule has 0 bridgehead atoms. The molecule has 22 heavy (non-hydrogen) atoms. The van der Waals surface area contributed by atoms with E-state index in [4.69, 9.17) is 0 Å². The van der Waals surface area contributed by atoms with Gasteiger partial charge in [0.1, 0.15) is 0 Å². The SMILES string of the molecule is CC(O)C1CCN(c2ccc([N+](=O)[O-])cc2S(C)(=O)=O)CC1. The fourth-order valence-electron chi connectivity index (χ4n) is 2.80. The zero-order chi connectivity index (χ0) is 16.5. The Balaban J connectivity index is 2.34. The zero-order valence-electron chi connectivity index (χ0n) is 12.6. The molecule has 0 spiro atoms. The van der Waals surface area contributed by atoms with Crippen LogP contribution in [0.4, 0.5) is 11.4 Å². The minimum absolute atomic E-state index is 0.0165. The van der Waals surface area contributed by atoms with E-state index in [2.05, 4.69) is 0 Å². The Morgan fingerprint density at radius 3 is 2.41 bits per heavy atom. The molecule has 122 valence electrons. The van der Waals surface area contributed by atoms with Crippen LogP contribution in [0.15, 0.2) is 23.1 Å². The van der Waals surface area contributed by atoms with Crippen molar-refractivity contribution in [3.05, 3.63) is 28.3 Å². The molecule has 0 saturated carbocycles. The van der Waals surface area contributed by atoms with E-state index in [1.165, 1.54) is 12.1 Å². The number of sulfone groups is 1. The van der Waals surface area contributed by atoms with E-state index >= 15 is 0 Å². The van der Waals surface area contributed by atoms with Gasteiger partial charge in [0.2, 0.25) is 0 Å². The van der Waals surface area contributed by atoms with Gasteiger partial charge in [-0.3, -0.25) is 10.1 Å². The van der Waals surface area contributed by atoms with Crippen LogP contribution in [0, 0.1) is 16.0 Å². The van der Waals surface area contributed by atoms with Crippen molar-refractivity contribution in [3.8, 4) is 0 Å². The zero-order valence-corrected chi connectivity index (χ0v) is 13.4. The molecule has 1 aromatic carbocycles. The second kappa shape index (κ2) is 6.21. The topological polar surface area (TPSA) is 101 Å². The van der Waals surface area contributed by atoms with Gasteiger partial charge in [0, 0.05) is 31.5 Å². The first kappa shape index (κ1) is 16.7. The first-order chi connectivity index (χ1) is 10.2. The third-order valence-corrected chi connectivity index (χ3v) is 5.24. The minimum atomic E-state index is -3.56. The highest BCUT2D eigenvalue weighted by molar-refractivity contribution is 7.90. The average Bonchev–Trinajstić information content (AvgIpc) is 2.45. The minimum Gasteiger partial charge on any atom is -0.393 e. The van der Waals surface area contributed by atoms with E-state index in [1.807, 2.05) is 4.90 Å². The molecular formula is C14H20N2O5S.